The Morgan fingerprint density at radius 2 is 2.09 bits per heavy atom. The summed E-state index contributed by atoms with van der Waals surface area (Å²) in [6.07, 6.45) is 5.08. The number of carbonyl (C=O) groups is 1. The Bertz CT molecular complexity index is 518. The van der Waals surface area contributed by atoms with Gasteiger partial charge in [-0.05, 0) is 32.1 Å². The molecule has 1 aliphatic carbocycles. The fourth-order valence-corrected chi connectivity index (χ4v) is 5.12. The summed E-state index contributed by atoms with van der Waals surface area (Å²) in [7, 11) is -3.22. The van der Waals surface area contributed by atoms with E-state index in [9.17, 15) is 13.2 Å². The number of fused-ring (bicyclic) bond motifs is 2. The molecular weight excluding hydrogens is 304 g/mol. The van der Waals surface area contributed by atoms with Crippen molar-refractivity contribution in [1.82, 2.24) is 9.62 Å². The number of ether oxygens (including phenoxy) is 1. The molecule has 7 heteroatoms. The van der Waals surface area contributed by atoms with Crippen LogP contribution in [0.1, 0.15) is 45.4 Å². The van der Waals surface area contributed by atoms with Gasteiger partial charge in [0.2, 0.25) is 15.9 Å². The lowest BCUT2D eigenvalue weighted by molar-refractivity contribution is -0.128. The standard InChI is InChI=1S/C15H26N2O4S/c1-2-3-7-22(19,20)17-9-12-8-13(14(10-17)21-12)15(18)16-11-5-4-6-11/h11-14H,2-10H2,1H3,(H,16,18)/t12-,13+,14-/m0/s1. The number of hydrogen-bond donors (Lipinski definition) is 1. The van der Waals surface area contributed by atoms with Gasteiger partial charge in [0.25, 0.3) is 0 Å². The van der Waals surface area contributed by atoms with E-state index in [1.807, 2.05) is 6.92 Å². The number of morpholine rings is 1. The molecular formula is C15H26N2O4S. The van der Waals surface area contributed by atoms with E-state index in [-0.39, 0.29) is 29.8 Å². The zero-order valence-electron chi connectivity index (χ0n) is 13.2. The first kappa shape index (κ1) is 16.2. The van der Waals surface area contributed by atoms with Crippen molar-refractivity contribution in [3.8, 4) is 0 Å². The van der Waals surface area contributed by atoms with E-state index in [0.717, 1.165) is 19.3 Å². The highest BCUT2D eigenvalue weighted by molar-refractivity contribution is 7.89. The van der Waals surface area contributed by atoms with E-state index in [4.69, 9.17) is 4.74 Å². The summed E-state index contributed by atoms with van der Waals surface area (Å²) in [5.41, 5.74) is 0. The van der Waals surface area contributed by atoms with E-state index < -0.39 is 10.0 Å². The third-order valence-electron chi connectivity index (χ3n) is 5.06. The first-order valence-electron chi connectivity index (χ1n) is 8.43. The van der Waals surface area contributed by atoms with Crippen LogP contribution in [-0.2, 0) is 19.6 Å². The summed E-state index contributed by atoms with van der Waals surface area (Å²) in [6, 6.07) is 0.317. The summed E-state index contributed by atoms with van der Waals surface area (Å²) in [6.45, 7) is 2.71. The van der Waals surface area contributed by atoms with Gasteiger partial charge in [0, 0.05) is 19.1 Å². The van der Waals surface area contributed by atoms with E-state index in [1.165, 1.54) is 10.7 Å². The van der Waals surface area contributed by atoms with Gasteiger partial charge in [0.15, 0.2) is 0 Å². The predicted molar refractivity (Wildman–Crippen MR) is 82.8 cm³/mol. The first-order valence-corrected chi connectivity index (χ1v) is 10.0. The van der Waals surface area contributed by atoms with Gasteiger partial charge >= 0.3 is 0 Å². The molecule has 22 heavy (non-hydrogen) atoms. The van der Waals surface area contributed by atoms with Crippen LogP contribution in [0.25, 0.3) is 0 Å². The maximum atomic E-state index is 12.4. The zero-order chi connectivity index (χ0) is 15.7. The molecule has 0 aromatic carbocycles. The van der Waals surface area contributed by atoms with Gasteiger partial charge in [0.05, 0.1) is 23.9 Å². The van der Waals surface area contributed by atoms with Crippen molar-refractivity contribution in [1.29, 1.82) is 0 Å². The summed E-state index contributed by atoms with van der Waals surface area (Å²) in [4.78, 5) is 12.4. The number of hydrogen-bond acceptors (Lipinski definition) is 4. The SMILES string of the molecule is CCCCS(=O)(=O)N1C[C@@H]2C[C@@H](C(=O)NC3CCC3)[C@H](C1)O2. The highest BCUT2D eigenvalue weighted by Gasteiger charge is 2.47. The van der Waals surface area contributed by atoms with Crippen molar-refractivity contribution in [2.24, 2.45) is 5.92 Å². The molecule has 6 nitrogen and oxygen atoms in total. The highest BCUT2D eigenvalue weighted by atomic mass is 32.2. The van der Waals surface area contributed by atoms with Gasteiger partial charge in [-0.2, -0.15) is 4.31 Å². The van der Waals surface area contributed by atoms with Crippen LogP contribution in [-0.4, -0.2) is 55.7 Å². The molecule has 2 aliphatic heterocycles. The zero-order valence-corrected chi connectivity index (χ0v) is 14.0. The molecule has 3 fully saturated rings. The lowest BCUT2D eigenvalue weighted by Crippen LogP contribution is -2.49. The third kappa shape index (κ3) is 3.31. The predicted octanol–water partition coefficient (Wildman–Crippen LogP) is 0.874. The minimum absolute atomic E-state index is 0.0463. The van der Waals surface area contributed by atoms with Crippen molar-refractivity contribution < 1.29 is 17.9 Å². The van der Waals surface area contributed by atoms with Crippen LogP contribution in [0.5, 0.6) is 0 Å². The molecule has 0 radical (unpaired) electrons. The van der Waals surface area contributed by atoms with Crippen molar-refractivity contribution in [2.75, 3.05) is 18.8 Å². The monoisotopic (exact) mass is 330 g/mol. The lowest BCUT2D eigenvalue weighted by atomic mass is 9.91. The summed E-state index contributed by atoms with van der Waals surface area (Å²) >= 11 is 0. The minimum Gasteiger partial charge on any atom is -0.371 e. The molecule has 0 unspecified atom stereocenters. The van der Waals surface area contributed by atoms with Crippen LogP contribution < -0.4 is 5.32 Å². The normalized spacial score (nSPS) is 32.7. The first-order chi connectivity index (χ1) is 10.5. The van der Waals surface area contributed by atoms with E-state index in [0.29, 0.717) is 32.0 Å². The van der Waals surface area contributed by atoms with Crippen LogP contribution in [0, 0.1) is 5.92 Å². The van der Waals surface area contributed by atoms with Gasteiger partial charge in [-0.1, -0.05) is 13.3 Å². The number of nitrogens with zero attached hydrogens (tertiary/aromatic N) is 1. The minimum atomic E-state index is -3.22. The Balaban J connectivity index is 1.60. The quantitative estimate of drug-likeness (QED) is 0.784. The molecule has 0 aromatic heterocycles. The second-order valence-corrected chi connectivity index (χ2v) is 8.85. The molecule has 3 aliphatic rings. The number of rotatable bonds is 6. The number of amides is 1. The number of sulfonamides is 1. The number of nitrogens with one attached hydrogen (secondary N) is 1. The molecule has 1 saturated carbocycles. The van der Waals surface area contributed by atoms with Crippen LogP contribution >= 0.6 is 0 Å². The number of carbonyl (C=O) groups excluding carboxylic acids is 1. The van der Waals surface area contributed by atoms with Crippen molar-refractivity contribution in [2.45, 2.75) is 63.7 Å². The lowest BCUT2D eigenvalue weighted by Gasteiger charge is -2.32. The van der Waals surface area contributed by atoms with Gasteiger partial charge in [-0.15, -0.1) is 0 Å². The molecule has 0 aromatic rings. The smallest absolute Gasteiger partial charge is 0.226 e. The molecule has 2 heterocycles. The Morgan fingerprint density at radius 3 is 2.73 bits per heavy atom. The average molecular weight is 330 g/mol. The largest absolute Gasteiger partial charge is 0.371 e. The molecule has 2 bridgehead atoms. The molecule has 2 saturated heterocycles. The maximum Gasteiger partial charge on any atom is 0.226 e. The topological polar surface area (TPSA) is 75.7 Å². The summed E-state index contributed by atoms with van der Waals surface area (Å²) < 4.78 is 32.1. The maximum absolute atomic E-state index is 12.4. The Morgan fingerprint density at radius 1 is 1.32 bits per heavy atom. The fraction of sp³-hybridized carbons (Fsp3) is 0.933. The van der Waals surface area contributed by atoms with Crippen molar-refractivity contribution in [3.63, 3.8) is 0 Å². The number of unbranched alkanes of at least 4 members (excludes halogenated alkanes) is 1. The van der Waals surface area contributed by atoms with Crippen molar-refractivity contribution >= 4 is 15.9 Å². The molecule has 3 rings (SSSR count). The van der Waals surface area contributed by atoms with Gasteiger partial charge < -0.3 is 10.1 Å². The molecule has 1 N–H and O–H groups in total. The molecule has 0 spiro atoms. The van der Waals surface area contributed by atoms with Crippen LogP contribution in [0.2, 0.25) is 0 Å². The molecule has 3 atom stereocenters. The molecule has 1 amide bonds. The fourth-order valence-electron chi connectivity index (χ4n) is 3.44. The highest BCUT2D eigenvalue weighted by Crippen LogP contribution is 2.34. The van der Waals surface area contributed by atoms with E-state index >= 15 is 0 Å². The van der Waals surface area contributed by atoms with Crippen LogP contribution in [0.4, 0.5) is 0 Å². The summed E-state index contributed by atoms with van der Waals surface area (Å²) in [5.74, 6) is 0.0454. The van der Waals surface area contributed by atoms with Crippen molar-refractivity contribution in [3.05, 3.63) is 0 Å². The van der Waals surface area contributed by atoms with E-state index in [2.05, 4.69) is 5.32 Å². The summed E-state index contributed by atoms with van der Waals surface area (Å²) in [5, 5.41) is 3.07. The van der Waals surface area contributed by atoms with Gasteiger partial charge in [-0.3, -0.25) is 4.79 Å². The second-order valence-electron chi connectivity index (χ2n) is 6.76. The Hall–Kier alpha value is -0.660. The van der Waals surface area contributed by atoms with E-state index in [1.54, 1.807) is 0 Å². The Labute approximate surface area is 132 Å². The van der Waals surface area contributed by atoms with Gasteiger partial charge in [-0.25, -0.2) is 8.42 Å². The van der Waals surface area contributed by atoms with Gasteiger partial charge in [0.1, 0.15) is 0 Å². The molecule has 126 valence electrons. The van der Waals surface area contributed by atoms with Crippen LogP contribution in [0.15, 0.2) is 0 Å². The van der Waals surface area contributed by atoms with Crippen LogP contribution in [0.3, 0.4) is 0 Å². The average Bonchev–Trinajstić information content (AvgIpc) is 2.75. The second kappa shape index (κ2) is 6.45. The third-order valence-corrected chi connectivity index (χ3v) is 6.95. The Kier molecular flexibility index (Phi) is 4.75.